The molecule has 1 aromatic heterocycles. The van der Waals surface area contributed by atoms with Gasteiger partial charge in [0.2, 0.25) is 0 Å². The standard InChI is InChI=1S/C16H22N2O2S/c1-4-19-16-8-13(7-11(2)17)5-6-15(16)20-9-14-10-21-12(3)18-14/h5-6,8,10-11H,4,7,9,17H2,1-3H3. The van der Waals surface area contributed by atoms with Crippen molar-refractivity contribution in [2.24, 2.45) is 5.73 Å². The summed E-state index contributed by atoms with van der Waals surface area (Å²) in [4.78, 5) is 4.39. The van der Waals surface area contributed by atoms with Gasteiger partial charge >= 0.3 is 0 Å². The highest BCUT2D eigenvalue weighted by Crippen LogP contribution is 2.29. The molecule has 2 N–H and O–H groups in total. The lowest BCUT2D eigenvalue weighted by molar-refractivity contribution is 0.266. The lowest BCUT2D eigenvalue weighted by atomic mass is 10.1. The number of nitrogens with zero attached hydrogens (tertiary/aromatic N) is 1. The summed E-state index contributed by atoms with van der Waals surface area (Å²) in [6.07, 6.45) is 0.825. The van der Waals surface area contributed by atoms with Crippen molar-refractivity contribution in [3.05, 3.63) is 39.8 Å². The number of hydrogen-bond acceptors (Lipinski definition) is 5. The fourth-order valence-electron chi connectivity index (χ4n) is 2.07. The first-order valence-corrected chi connectivity index (χ1v) is 8.01. The molecule has 21 heavy (non-hydrogen) atoms. The van der Waals surface area contributed by atoms with Crippen molar-refractivity contribution in [3.63, 3.8) is 0 Å². The number of rotatable bonds is 7. The molecule has 0 aliphatic heterocycles. The normalized spacial score (nSPS) is 12.2. The van der Waals surface area contributed by atoms with E-state index < -0.39 is 0 Å². The average Bonchev–Trinajstić information content (AvgIpc) is 2.83. The van der Waals surface area contributed by atoms with E-state index in [2.05, 4.69) is 4.98 Å². The van der Waals surface area contributed by atoms with E-state index in [0.717, 1.165) is 34.2 Å². The van der Waals surface area contributed by atoms with Crippen molar-refractivity contribution < 1.29 is 9.47 Å². The van der Waals surface area contributed by atoms with Crippen LogP contribution in [0.3, 0.4) is 0 Å². The molecular weight excluding hydrogens is 284 g/mol. The second-order valence-corrected chi connectivity index (χ2v) is 6.10. The van der Waals surface area contributed by atoms with Crippen LogP contribution < -0.4 is 15.2 Å². The molecule has 0 aliphatic rings. The first-order valence-electron chi connectivity index (χ1n) is 7.13. The maximum Gasteiger partial charge on any atom is 0.161 e. The summed E-state index contributed by atoms with van der Waals surface area (Å²) in [5.74, 6) is 1.51. The molecule has 1 aromatic carbocycles. The minimum Gasteiger partial charge on any atom is -0.490 e. The maximum absolute atomic E-state index is 5.84. The number of nitrogens with two attached hydrogens (primary N) is 1. The Kier molecular flexibility index (Phi) is 5.59. The van der Waals surface area contributed by atoms with Crippen LogP contribution in [0.15, 0.2) is 23.6 Å². The van der Waals surface area contributed by atoms with Crippen molar-refractivity contribution >= 4 is 11.3 Å². The van der Waals surface area contributed by atoms with Crippen molar-refractivity contribution in [1.82, 2.24) is 4.98 Å². The summed E-state index contributed by atoms with van der Waals surface area (Å²) < 4.78 is 11.5. The van der Waals surface area contributed by atoms with Crippen molar-refractivity contribution in [3.8, 4) is 11.5 Å². The van der Waals surface area contributed by atoms with Gasteiger partial charge in [-0.2, -0.15) is 0 Å². The van der Waals surface area contributed by atoms with E-state index in [-0.39, 0.29) is 6.04 Å². The molecule has 4 nitrogen and oxygen atoms in total. The summed E-state index contributed by atoms with van der Waals surface area (Å²) in [6, 6.07) is 6.12. The van der Waals surface area contributed by atoms with Crippen LogP contribution in [0, 0.1) is 6.92 Å². The second-order valence-electron chi connectivity index (χ2n) is 5.04. The van der Waals surface area contributed by atoms with Gasteiger partial charge in [0.25, 0.3) is 0 Å². The van der Waals surface area contributed by atoms with Gasteiger partial charge in [-0.15, -0.1) is 11.3 Å². The predicted molar refractivity (Wildman–Crippen MR) is 86.1 cm³/mol. The molecule has 0 amide bonds. The van der Waals surface area contributed by atoms with Gasteiger partial charge in [0, 0.05) is 11.4 Å². The monoisotopic (exact) mass is 306 g/mol. The van der Waals surface area contributed by atoms with Crippen LogP contribution in [0.2, 0.25) is 0 Å². The van der Waals surface area contributed by atoms with Gasteiger partial charge in [0.1, 0.15) is 6.61 Å². The Morgan fingerprint density at radius 2 is 2.10 bits per heavy atom. The van der Waals surface area contributed by atoms with Gasteiger partial charge in [0.05, 0.1) is 17.3 Å². The number of aryl methyl sites for hydroxylation is 1. The zero-order chi connectivity index (χ0) is 15.2. The molecule has 0 bridgehead atoms. The molecule has 0 aliphatic carbocycles. The lowest BCUT2D eigenvalue weighted by Crippen LogP contribution is -2.17. The van der Waals surface area contributed by atoms with E-state index >= 15 is 0 Å². The summed E-state index contributed by atoms with van der Waals surface area (Å²) in [7, 11) is 0. The number of benzene rings is 1. The molecule has 1 unspecified atom stereocenters. The summed E-state index contributed by atoms with van der Waals surface area (Å²) in [5.41, 5.74) is 7.95. The molecule has 0 spiro atoms. The Bertz CT molecular complexity index is 581. The first-order chi connectivity index (χ1) is 10.1. The maximum atomic E-state index is 5.84. The van der Waals surface area contributed by atoms with Gasteiger partial charge in [-0.3, -0.25) is 0 Å². The second kappa shape index (κ2) is 7.43. The largest absolute Gasteiger partial charge is 0.490 e. The van der Waals surface area contributed by atoms with Crippen LogP contribution in [0.1, 0.15) is 30.1 Å². The minimum absolute atomic E-state index is 0.129. The highest BCUT2D eigenvalue weighted by molar-refractivity contribution is 7.09. The van der Waals surface area contributed by atoms with E-state index in [4.69, 9.17) is 15.2 Å². The topological polar surface area (TPSA) is 57.4 Å². The highest BCUT2D eigenvalue weighted by atomic mass is 32.1. The third-order valence-corrected chi connectivity index (χ3v) is 3.73. The van der Waals surface area contributed by atoms with E-state index in [1.54, 1.807) is 11.3 Å². The Labute approximate surface area is 129 Å². The van der Waals surface area contributed by atoms with Gasteiger partial charge in [0.15, 0.2) is 11.5 Å². The van der Waals surface area contributed by atoms with E-state index in [1.807, 2.05) is 44.4 Å². The van der Waals surface area contributed by atoms with Gasteiger partial charge in [-0.25, -0.2) is 4.98 Å². The molecule has 2 aromatic rings. The highest BCUT2D eigenvalue weighted by Gasteiger charge is 2.09. The van der Waals surface area contributed by atoms with Gasteiger partial charge in [-0.1, -0.05) is 6.07 Å². The molecule has 1 heterocycles. The number of ether oxygens (including phenoxy) is 2. The Balaban J connectivity index is 2.09. The quantitative estimate of drug-likeness (QED) is 0.852. The molecule has 0 fully saturated rings. The molecule has 0 radical (unpaired) electrons. The zero-order valence-corrected chi connectivity index (χ0v) is 13.6. The summed E-state index contributed by atoms with van der Waals surface area (Å²) in [5, 5.41) is 3.06. The fourth-order valence-corrected chi connectivity index (χ4v) is 2.66. The first kappa shape index (κ1) is 15.8. The van der Waals surface area contributed by atoms with Crippen LogP contribution >= 0.6 is 11.3 Å². The van der Waals surface area contributed by atoms with Crippen LogP contribution in [-0.4, -0.2) is 17.6 Å². The summed E-state index contributed by atoms with van der Waals surface area (Å²) >= 11 is 1.63. The third-order valence-electron chi connectivity index (χ3n) is 2.91. The number of thiazole rings is 1. The molecule has 114 valence electrons. The molecule has 0 saturated carbocycles. The van der Waals surface area contributed by atoms with Crippen LogP contribution in [0.4, 0.5) is 0 Å². The van der Waals surface area contributed by atoms with Crippen LogP contribution in [0.25, 0.3) is 0 Å². The van der Waals surface area contributed by atoms with Gasteiger partial charge < -0.3 is 15.2 Å². The van der Waals surface area contributed by atoms with Crippen LogP contribution in [0.5, 0.6) is 11.5 Å². The number of aromatic nitrogens is 1. The molecule has 1 atom stereocenters. The van der Waals surface area contributed by atoms with E-state index in [9.17, 15) is 0 Å². The number of hydrogen-bond donors (Lipinski definition) is 1. The summed E-state index contributed by atoms with van der Waals surface area (Å²) in [6.45, 7) is 7.01. The third kappa shape index (κ3) is 4.72. The van der Waals surface area contributed by atoms with Crippen molar-refractivity contribution in [1.29, 1.82) is 0 Å². The predicted octanol–water partition coefficient (Wildman–Crippen LogP) is 3.32. The van der Waals surface area contributed by atoms with Crippen LogP contribution in [-0.2, 0) is 13.0 Å². The molecular formula is C16H22N2O2S. The Hall–Kier alpha value is -1.59. The zero-order valence-electron chi connectivity index (χ0n) is 12.8. The molecule has 0 saturated heterocycles. The van der Waals surface area contributed by atoms with Crippen molar-refractivity contribution in [2.75, 3.05) is 6.61 Å². The van der Waals surface area contributed by atoms with E-state index in [0.29, 0.717) is 13.2 Å². The Morgan fingerprint density at radius 3 is 2.71 bits per heavy atom. The minimum atomic E-state index is 0.129. The lowest BCUT2D eigenvalue weighted by Gasteiger charge is -2.13. The van der Waals surface area contributed by atoms with Gasteiger partial charge in [-0.05, 0) is 44.9 Å². The average molecular weight is 306 g/mol. The Morgan fingerprint density at radius 1 is 1.29 bits per heavy atom. The smallest absolute Gasteiger partial charge is 0.161 e. The van der Waals surface area contributed by atoms with Crippen molar-refractivity contribution in [2.45, 2.75) is 39.8 Å². The molecule has 5 heteroatoms. The van der Waals surface area contributed by atoms with E-state index in [1.165, 1.54) is 0 Å². The molecule has 2 rings (SSSR count). The fraction of sp³-hybridized carbons (Fsp3) is 0.438. The SMILES string of the molecule is CCOc1cc(CC(C)N)ccc1OCc1csc(C)n1.